The summed E-state index contributed by atoms with van der Waals surface area (Å²) in [5, 5.41) is 11.4. The van der Waals surface area contributed by atoms with Gasteiger partial charge in [0.05, 0.1) is 0 Å². The number of aromatic nitrogens is 1. The summed E-state index contributed by atoms with van der Waals surface area (Å²) in [5.74, 6) is -1.78. The van der Waals surface area contributed by atoms with Crippen molar-refractivity contribution in [2.45, 2.75) is 38.8 Å². The first kappa shape index (κ1) is 17.4. The van der Waals surface area contributed by atoms with E-state index in [1.165, 1.54) is 12.1 Å². The first-order chi connectivity index (χ1) is 9.58. The Morgan fingerprint density at radius 1 is 1.48 bits per heavy atom. The minimum Gasteiger partial charge on any atom is -0.480 e. The number of alkyl carbamates (subject to hydrolysis) is 1. The van der Waals surface area contributed by atoms with Crippen molar-refractivity contribution < 1.29 is 23.8 Å². The molecule has 1 amide bonds. The van der Waals surface area contributed by atoms with Gasteiger partial charge < -0.3 is 15.2 Å². The van der Waals surface area contributed by atoms with E-state index in [0.29, 0.717) is 5.69 Å². The Kier molecular flexibility index (Phi) is 5.65. The molecule has 0 saturated carbocycles. The van der Waals surface area contributed by atoms with Crippen molar-refractivity contribution in [2.24, 2.45) is 0 Å². The van der Waals surface area contributed by atoms with Crippen LogP contribution in [0.25, 0.3) is 0 Å². The molecule has 0 aliphatic rings. The molecule has 0 spiro atoms. The van der Waals surface area contributed by atoms with Gasteiger partial charge in [0.1, 0.15) is 16.2 Å². The van der Waals surface area contributed by atoms with Gasteiger partial charge in [-0.25, -0.2) is 19.0 Å². The van der Waals surface area contributed by atoms with Crippen LogP contribution in [0.2, 0.25) is 0 Å². The van der Waals surface area contributed by atoms with Crippen molar-refractivity contribution in [3.05, 3.63) is 28.2 Å². The number of aliphatic carboxylic acids is 1. The van der Waals surface area contributed by atoms with Gasteiger partial charge in [-0.3, -0.25) is 0 Å². The summed E-state index contributed by atoms with van der Waals surface area (Å²) in [6.07, 6.45) is -0.927. The van der Waals surface area contributed by atoms with Gasteiger partial charge in [0.25, 0.3) is 0 Å². The molecule has 116 valence electrons. The first-order valence-electron chi connectivity index (χ1n) is 6.12. The van der Waals surface area contributed by atoms with E-state index in [2.05, 4.69) is 26.2 Å². The fourth-order valence-electron chi connectivity index (χ4n) is 1.43. The number of hydrogen-bond donors (Lipinski definition) is 2. The molecule has 1 atom stereocenters. The van der Waals surface area contributed by atoms with E-state index in [-0.39, 0.29) is 11.0 Å². The quantitative estimate of drug-likeness (QED) is 0.803. The van der Waals surface area contributed by atoms with Gasteiger partial charge >= 0.3 is 12.1 Å². The highest BCUT2D eigenvalue weighted by molar-refractivity contribution is 9.10. The number of rotatable bonds is 4. The predicted octanol–water partition coefficient (Wildman–Crippen LogP) is 2.50. The molecule has 0 bridgehead atoms. The van der Waals surface area contributed by atoms with Gasteiger partial charge in [-0.15, -0.1) is 0 Å². The van der Waals surface area contributed by atoms with Crippen LogP contribution in [0.4, 0.5) is 9.18 Å². The minimum absolute atomic E-state index is 0.0126. The van der Waals surface area contributed by atoms with E-state index < -0.39 is 29.5 Å². The van der Waals surface area contributed by atoms with Crippen molar-refractivity contribution >= 4 is 28.0 Å². The summed E-state index contributed by atoms with van der Waals surface area (Å²) in [7, 11) is 0. The largest absolute Gasteiger partial charge is 0.480 e. The smallest absolute Gasteiger partial charge is 0.408 e. The summed E-state index contributed by atoms with van der Waals surface area (Å²) in [6, 6.07) is 1.30. The lowest BCUT2D eigenvalue weighted by atomic mass is 10.1. The van der Waals surface area contributed by atoms with Gasteiger partial charge in [-0.1, -0.05) is 0 Å². The molecule has 0 aliphatic heterocycles. The standard InChI is InChI=1S/C13H16BrFN2O4/c1-13(2,3)21-12(20)17-9(11(18)19)6-7-4-5-8(15)10(14)16-7/h4-5,9H,6H2,1-3H3,(H,17,20)(H,18,19). The topological polar surface area (TPSA) is 88.5 Å². The first-order valence-corrected chi connectivity index (χ1v) is 6.91. The van der Waals surface area contributed by atoms with E-state index >= 15 is 0 Å². The lowest BCUT2D eigenvalue weighted by Crippen LogP contribution is -2.44. The third-order valence-corrected chi connectivity index (χ3v) is 2.82. The van der Waals surface area contributed by atoms with Gasteiger partial charge in [-0.2, -0.15) is 0 Å². The summed E-state index contributed by atoms with van der Waals surface area (Å²) in [4.78, 5) is 26.6. The highest BCUT2D eigenvalue weighted by Gasteiger charge is 2.24. The van der Waals surface area contributed by atoms with Crippen LogP contribution in [0.15, 0.2) is 16.7 Å². The molecule has 0 aliphatic carbocycles. The van der Waals surface area contributed by atoms with Gasteiger partial charge in [0.2, 0.25) is 0 Å². The second-order valence-corrected chi connectivity index (χ2v) is 6.07. The number of nitrogens with one attached hydrogen (secondary N) is 1. The van der Waals surface area contributed by atoms with Crippen molar-refractivity contribution in [3.63, 3.8) is 0 Å². The molecule has 6 nitrogen and oxygen atoms in total. The monoisotopic (exact) mass is 362 g/mol. The molecule has 1 unspecified atom stereocenters. The van der Waals surface area contributed by atoms with E-state index in [1.54, 1.807) is 20.8 Å². The second kappa shape index (κ2) is 6.84. The summed E-state index contributed by atoms with van der Waals surface area (Å²) in [5.41, 5.74) is -0.406. The van der Waals surface area contributed by atoms with Crippen LogP contribution in [0, 0.1) is 5.82 Å². The molecule has 1 rings (SSSR count). The lowest BCUT2D eigenvalue weighted by Gasteiger charge is -2.21. The van der Waals surface area contributed by atoms with Crippen molar-refractivity contribution in [3.8, 4) is 0 Å². The zero-order chi connectivity index (χ0) is 16.2. The normalized spacial score (nSPS) is 12.6. The Labute approximate surface area is 129 Å². The summed E-state index contributed by atoms with van der Waals surface area (Å²) < 4.78 is 18.1. The summed E-state index contributed by atoms with van der Waals surface area (Å²) in [6.45, 7) is 5.00. The Balaban J connectivity index is 2.76. The van der Waals surface area contributed by atoms with Crippen molar-refractivity contribution in [1.29, 1.82) is 0 Å². The molecular formula is C13H16BrFN2O4. The fraction of sp³-hybridized carbons (Fsp3) is 0.462. The predicted molar refractivity (Wildman–Crippen MR) is 76.4 cm³/mol. The summed E-state index contributed by atoms with van der Waals surface area (Å²) >= 11 is 2.92. The lowest BCUT2D eigenvalue weighted by molar-refractivity contribution is -0.139. The third-order valence-electron chi connectivity index (χ3n) is 2.26. The maximum Gasteiger partial charge on any atom is 0.408 e. The Morgan fingerprint density at radius 3 is 2.57 bits per heavy atom. The molecule has 1 heterocycles. The number of ether oxygens (including phenoxy) is 1. The number of carboxylic acids is 1. The molecule has 8 heteroatoms. The van der Waals surface area contributed by atoms with Crippen LogP contribution in [0.1, 0.15) is 26.5 Å². The van der Waals surface area contributed by atoms with E-state index in [9.17, 15) is 14.0 Å². The molecule has 2 N–H and O–H groups in total. The maximum absolute atomic E-state index is 13.1. The molecule has 1 aromatic rings. The van der Waals surface area contributed by atoms with Crippen LogP contribution in [-0.2, 0) is 16.0 Å². The van der Waals surface area contributed by atoms with Gasteiger partial charge in [0.15, 0.2) is 5.82 Å². The number of carboxylic acid groups (broad SMARTS) is 1. The SMILES string of the molecule is CC(C)(C)OC(=O)NC(Cc1ccc(F)c(Br)n1)C(=O)O. The van der Waals surface area contributed by atoms with Gasteiger partial charge in [-0.05, 0) is 48.8 Å². The molecule has 21 heavy (non-hydrogen) atoms. The molecular weight excluding hydrogens is 347 g/mol. The zero-order valence-electron chi connectivity index (χ0n) is 11.8. The number of hydrogen-bond acceptors (Lipinski definition) is 4. The minimum atomic E-state index is -1.23. The van der Waals surface area contributed by atoms with Crippen molar-refractivity contribution in [1.82, 2.24) is 10.3 Å². The Hall–Kier alpha value is -1.70. The van der Waals surface area contributed by atoms with E-state index in [1.807, 2.05) is 0 Å². The van der Waals surface area contributed by atoms with Crippen LogP contribution >= 0.6 is 15.9 Å². The average molecular weight is 363 g/mol. The van der Waals surface area contributed by atoms with Crippen LogP contribution in [0.5, 0.6) is 0 Å². The third kappa shape index (κ3) is 6.07. The number of carbonyl (C=O) groups is 2. The highest BCUT2D eigenvalue weighted by atomic mass is 79.9. The van der Waals surface area contributed by atoms with Crippen LogP contribution in [-0.4, -0.2) is 33.8 Å². The molecule has 1 aromatic heterocycles. The maximum atomic E-state index is 13.1. The highest BCUT2D eigenvalue weighted by Crippen LogP contribution is 2.14. The number of carbonyl (C=O) groups excluding carboxylic acids is 1. The Bertz CT molecular complexity index is 545. The van der Waals surface area contributed by atoms with Gasteiger partial charge in [0, 0.05) is 12.1 Å². The van der Waals surface area contributed by atoms with E-state index in [4.69, 9.17) is 9.84 Å². The van der Waals surface area contributed by atoms with Crippen LogP contribution in [0.3, 0.4) is 0 Å². The van der Waals surface area contributed by atoms with Crippen molar-refractivity contribution in [2.75, 3.05) is 0 Å². The average Bonchev–Trinajstić information content (AvgIpc) is 2.30. The zero-order valence-corrected chi connectivity index (χ0v) is 13.4. The number of amides is 1. The number of nitrogens with zero attached hydrogens (tertiary/aromatic N) is 1. The molecule has 0 aromatic carbocycles. The van der Waals surface area contributed by atoms with Crippen LogP contribution < -0.4 is 5.32 Å². The molecule has 0 fully saturated rings. The molecule has 0 radical (unpaired) electrons. The Morgan fingerprint density at radius 2 is 2.10 bits per heavy atom. The fourth-order valence-corrected chi connectivity index (χ4v) is 1.79. The second-order valence-electron chi connectivity index (χ2n) is 5.32. The molecule has 0 saturated heterocycles. The number of halogens is 2. The number of pyridine rings is 1. The van der Waals surface area contributed by atoms with E-state index in [0.717, 1.165) is 0 Å².